The Hall–Kier alpha value is -0.770. The molecule has 1 fully saturated rings. The van der Waals surface area contributed by atoms with Crippen LogP contribution in [0.1, 0.15) is 19.8 Å². The molecule has 2 amide bonds. The van der Waals surface area contributed by atoms with Crippen molar-refractivity contribution in [3.63, 3.8) is 0 Å². The Kier molecular flexibility index (Phi) is 3.87. The van der Waals surface area contributed by atoms with Crippen molar-refractivity contribution >= 4 is 6.03 Å². The molecule has 0 unspecified atom stereocenters. The number of amides is 2. The van der Waals surface area contributed by atoms with Crippen molar-refractivity contribution in [2.45, 2.75) is 25.8 Å². The third-order valence-electron chi connectivity index (χ3n) is 1.97. The quantitative estimate of drug-likeness (QED) is 0.550. The van der Waals surface area contributed by atoms with Gasteiger partial charge >= 0.3 is 6.03 Å². The van der Waals surface area contributed by atoms with Crippen LogP contribution in [0.15, 0.2) is 0 Å². The Balaban J connectivity index is 2.15. The summed E-state index contributed by atoms with van der Waals surface area (Å²) in [6.07, 6.45) is 2.24. The Labute approximate surface area is 73.1 Å². The lowest BCUT2D eigenvalue weighted by Crippen LogP contribution is -2.49. The van der Waals surface area contributed by atoms with E-state index >= 15 is 0 Å². The maximum Gasteiger partial charge on any atom is 0.315 e. The summed E-state index contributed by atoms with van der Waals surface area (Å²) in [5.41, 5.74) is 0. The molecule has 0 aromatic carbocycles. The summed E-state index contributed by atoms with van der Waals surface area (Å²) in [5, 5.41) is 8.86. The van der Waals surface area contributed by atoms with E-state index in [4.69, 9.17) is 0 Å². The van der Waals surface area contributed by atoms with Gasteiger partial charge in [0.05, 0.1) is 0 Å². The summed E-state index contributed by atoms with van der Waals surface area (Å²) >= 11 is 0. The predicted molar refractivity (Wildman–Crippen MR) is 48.1 cm³/mol. The largest absolute Gasteiger partial charge is 0.338 e. The zero-order chi connectivity index (χ0) is 8.81. The van der Waals surface area contributed by atoms with Crippen molar-refractivity contribution in [2.24, 2.45) is 0 Å². The van der Waals surface area contributed by atoms with E-state index in [1.807, 2.05) is 6.92 Å². The first kappa shape index (κ1) is 9.32. The van der Waals surface area contributed by atoms with E-state index in [1.165, 1.54) is 0 Å². The first-order valence-corrected chi connectivity index (χ1v) is 4.58. The summed E-state index contributed by atoms with van der Waals surface area (Å²) in [7, 11) is 0. The summed E-state index contributed by atoms with van der Waals surface area (Å²) < 4.78 is 0. The van der Waals surface area contributed by atoms with Gasteiger partial charge in [0, 0.05) is 19.1 Å². The number of carbonyl (C=O) groups is 1. The number of nitrogens with one attached hydrogen (secondary N) is 3. The standard InChI is InChI=1S/C8H17N3O/c1-2-10-8(12)11-7-4-3-5-9-6-7/h7,9H,2-6H2,1H3,(H2,10,11,12)/t7-/m1/s1. The molecule has 0 radical (unpaired) electrons. The van der Waals surface area contributed by atoms with Gasteiger partial charge < -0.3 is 16.0 Å². The van der Waals surface area contributed by atoms with Crippen molar-refractivity contribution in [3.05, 3.63) is 0 Å². The van der Waals surface area contributed by atoms with Gasteiger partial charge in [-0.2, -0.15) is 0 Å². The first-order valence-electron chi connectivity index (χ1n) is 4.58. The normalized spacial score (nSPS) is 23.2. The molecule has 1 heterocycles. The van der Waals surface area contributed by atoms with Crippen molar-refractivity contribution in [2.75, 3.05) is 19.6 Å². The maximum absolute atomic E-state index is 11.1. The fourth-order valence-corrected chi connectivity index (χ4v) is 1.37. The van der Waals surface area contributed by atoms with Crippen LogP contribution in [0, 0.1) is 0 Å². The molecule has 0 spiro atoms. The van der Waals surface area contributed by atoms with Gasteiger partial charge in [0.1, 0.15) is 0 Å². The highest BCUT2D eigenvalue weighted by molar-refractivity contribution is 5.74. The Morgan fingerprint density at radius 1 is 1.67 bits per heavy atom. The molecule has 12 heavy (non-hydrogen) atoms. The summed E-state index contributed by atoms with van der Waals surface area (Å²) in [6.45, 7) is 4.58. The molecule has 1 saturated heterocycles. The molecule has 0 aromatic heterocycles. The smallest absolute Gasteiger partial charge is 0.315 e. The molecular formula is C8H17N3O. The van der Waals surface area contributed by atoms with Crippen LogP contribution in [0.25, 0.3) is 0 Å². The lowest BCUT2D eigenvalue weighted by atomic mass is 10.1. The second-order valence-corrected chi connectivity index (χ2v) is 3.05. The van der Waals surface area contributed by atoms with Crippen LogP contribution in [0.5, 0.6) is 0 Å². The van der Waals surface area contributed by atoms with Gasteiger partial charge in [-0.3, -0.25) is 0 Å². The number of carbonyl (C=O) groups excluding carboxylic acids is 1. The van der Waals surface area contributed by atoms with E-state index in [2.05, 4.69) is 16.0 Å². The zero-order valence-electron chi connectivity index (χ0n) is 7.52. The van der Waals surface area contributed by atoms with E-state index in [9.17, 15) is 4.79 Å². The highest BCUT2D eigenvalue weighted by Crippen LogP contribution is 2.00. The van der Waals surface area contributed by atoms with Crippen molar-refractivity contribution in [3.8, 4) is 0 Å². The molecule has 1 aliphatic heterocycles. The van der Waals surface area contributed by atoms with Crippen LogP contribution < -0.4 is 16.0 Å². The van der Waals surface area contributed by atoms with Gasteiger partial charge in [-0.15, -0.1) is 0 Å². The third kappa shape index (κ3) is 3.09. The van der Waals surface area contributed by atoms with Crippen LogP contribution >= 0.6 is 0 Å². The molecule has 0 saturated carbocycles. The zero-order valence-corrected chi connectivity index (χ0v) is 7.52. The Morgan fingerprint density at radius 2 is 2.50 bits per heavy atom. The SMILES string of the molecule is CCNC(=O)N[C@@H]1CCCNC1. The molecule has 4 heteroatoms. The molecule has 3 N–H and O–H groups in total. The van der Waals surface area contributed by atoms with E-state index in [-0.39, 0.29) is 6.03 Å². The molecule has 1 rings (SSSR count). The van der Waals surface area contributed by atoms with E-state index in [0.717, 1.165) is 25.9 Å². The number of hydrogen-bond acceptors (Lipinski definition) is 2. The minimum absolute atomic E-state index is 0.0498. The topological polar surface area (TPSA) is 53.2 Å². The van der Waals surface area contributed by atoms with E-state index < -0.39 is 0 Å². The highest BCUT2D eigenvalue weighted by atomic mass is 16.2. The average molecular weight is 171 g/mol. The first-order chi connectivity index (χ1) is 5.83. The maximum atomic E-state index is 11.1. The molecule has 1 aliphatic rings. The van der Waals surface area contributed by atoms with Gasteiger partial charge in [-0.05, 0) is 26.3 Å². The van der Waals surface area contributed by atoms with Crippen molar-refractivity contribution in [1.29, 1.82) is 0 Å². The molecule has 0 aliphatic carbocycles. The third-order valence-corrected chi connectivity index (χ3v) is 1.97. The molecule has 70 valence electrons. The molecule has 0 bridgehead atoms. The number of hydrogen-bond donors (Lipinski definition) is 3. The molecule has 1 atom stereocenters. The second-order valence-electron chi connectivity index (χ2n) is 3.05. The Morgan fingerprint density at radius 3 is 3.08 bits per heavy atom. The minimum Gasteiger partial charge on any atom is -0.338 e. The van der Waals surface area contributed by atoms with Gasteiger partial charge in [0.25, 0.3) is 0 Å². The number of piperidine rings is 1. The molecule has 0 aromatic rings. The van der Waals surface area contributed by atoms with Gasteiger partial charge in [-0.1, -0.05) is 0 Å². The summed E-state index contributed by atoms with van der Waals surface area (Å²) in [5.74, 6) is 0. The van der Waals surface area contributed by atoms with Crippen LogP contribution in [-0.2, 0) is 0 Å². The van der Waals surface area contributed by atoms with Crippen LogP contribution in [0.2, 0.25) is 0 Å². The van der Waals surface area contributed by atoms with Crippen LogP contribution in [0.3, 0.4) is 0 Å². The fraction of sp³-hybridized carbons (Fsp3) is 0.875. The van der Waals surface area contributed by atoms with Gasteiger partial charge in [0.2, 0.25) is 0 Å². The monoisotopic (exact) mass is 171 g/mol. The lowest BCUT2D eigenvalue weighted by molar-refractivity contribution is 0.234. The average Bonchev–Trinajstić information content (AvgIpc) is 2.06. The lowest BCUT2D eigenvalue weighted by Gasteiger charge is -2.23. The van der Waals surface area contributed by atoms with E-state index in [0.29, 0.717) is 12.6 Å². The van der Waals surface area contributed by atoms with Crippen LogP contribution in [-0.4, -0.2) is 31.7 Å². The van der Waals surface area contributed by atoms with E-state index in [1.54, 1.807) is 0 Å². The fourth-order valence-electron chi connectivity index (χ4n) is 1.37. The number of urea groups is 1. The molecular weight excluding hydrogens is 154 g/mol. The summed E-state index contributed by atoms with van der Waals surface area (Å²) in [4.78, 5) is 11.1. The van der Waals surface area contributed by atoms with Crippen LogP contribution in [0.4, 0.5) is 4.79 Å². The minimum atomic E-state index is -0.0498. The van der Waals surface area contributed by atoms with Crippen molar-refractivity contribution in [1.82, 2.24) is 16.0 Å². The van der Waals surface area contributed by atoms with Crippen molar-refractivity contribution < 1.29 is 4.79 Å². The molecule has 4 nitrogen and oxygen atoms in total. The summed E-state index contributed by atoms with van der Waals surface area (Å²) in [6, 6.07) is 0.261. The van der Waals surface area contributed by atoms with Gasteiger partial charge in [0.15, 0.2) is 0 Å². The number of rotatable bonds is 2. The second kappa shape index (κ2) is 4.98. The highest BCUT2D eigenvalue weighted by Gasteiger charge is 2.13. The van der Waals surface area contributed by atoms with Gasteiger partial charge in [-0.25, -0.2) is 4.79 Å². The predicted octanol–water partition coefficient (Wildman–Crippen LogP) is 0.0575. The Bertz CT molecular complexity index is 143.